The first-order valence-corrected chi connectivity index (χ1v) is 5.92. The molecule has 1 heterocycles. The molecule has 1 amide bonds. The summed E-state index contributed by atoms with van der Waals surface area (Å²) in [4.78, 5) is 17.7. The Kier molecular flexibility index (Phi) is 3.63. The van der Waals surface area contributed by atoms with Crippen LogP contribution in [0.1, 0.15) is 15.9 Å². The average molecular weight is 261 g/mol. The van der Waals surface area contributed by atoms with E-state index in [4.69, 9.17) is 11.6 Å². The smallest absolute Gasteiger partial charge is 0.258 e. The molecule has 0 saturated heterocycles. The van der Waals surface area contributed by atoms with E-state index in [0.717, 1.165) is 11.3 Å². The van der Waals surface area contributed by atoms with Crippen molar-refractivity contribution in [3.8, 4) is 0 Å². The number of halogens is 1. The maximum atomic E-state index is 12.2. The highest BCUT2D eigenvalue weighted by molar-refractivity contribution is 6.29. The van der Waals surface area contributed by atoms with Crippen molar-refractivity contribution in [1.82, 2.24) is 4.98 Å². The predicted octanol–water partition coefficient (Wildman–Crippen LogP) is 3.32. The summed E-state index contributed by atoms with van der Waals surface area (Å²) in [7, 11) is 1.74. The molecule has 0 radical (unpaired) electrons. The van der Waals surface area contributed by atoms with Crippen LogP contribution < -0.4 is 4.90 Å². The number of pyridine rings is 1. The third-order valence-electron chi connectivity index (χ3n) is 2.67. The van der Waals surface area contributed by atoms with Gasteiger partial charge in [0.2, 0.25) is 0 Å². The number of aryl methyl sites for hydroxylation is 1. The zero-order chi connectivity index (χ0) is 13.1. The van der Waals surface area contributed by atoms with Gasteiger partial charge in [0.1, 0.15) is 5.15 Å². The predicted molar refractivity (Wildman–Crippen MR) is 73.2 cm³/mol. The fraction of sp³-hybridized carbons (Fsp3) is 0.143. The van der Waals surface area contributed by atoms with E-state index in [1.165, 1.54) is 6.20 Å². The molecule has 0 saturated carbocycles. The van der Waals surface area contributed by atoms with E-state index in [1.54, 1.807) is 24.1 Å². The first-order valence-electron chi connectivity index (χ1n) is 5.54. The monoisotopic (exact) mass is 260 g/mol. The van der Waals surface area contributed by atoms with Crippen LogP contribution in [0.3, 0.4) is 0 Å². The van der Waals surface area contributed by atoms with E-state index < -0.39 is 0 Å². The molecule has 0 bridgehead atoms. The first kappa shape index (κ1) is 12.6. The first-order chi connectivity index (χ1) is 8.58. The summed E-state index contributed by atoms with van der Waals surface area (Å²) in [5, 5.41) is 0.318. The van der Waals surface area contributed by atoms with E-state index >= 15 is 0 Å². The van der Waals surface area contributed by atoms with Crippen LogP contribution in [0.4, 0.5) is 5.69 Å². The van der Waals surface area contributed by atoms with Crippen LogP contribution in [0, 0.1) is 6.92 Å². The number of amides is 1. The normalized spacial score (nSPS) is 10.2. The molecule has 18 heavy (non-hydrogen) atoms. The summed E-state index contributed by atoms with van der Waals surface area (Å²) >= 11 is 5.78. The Bertz CT molecular complexity index is 584. The molecule has 0 spiro atoms. The van der Waals surface area contributed by atoms with Gasteiger partial charge in [-0.2, -0.15) is 0 Å². The van der Waals surface area contributed by atoms with Crippen molar-refractivity contribution in [2.45, 2.75) is 6.92 Å². The maximum Gasteiger partial charge on any atom is 0.258 e. The van der Waals surface area contributed by atoms with Crippen molar-refractivity contribution >= 4 is 23.2 Å². The van der Waals surface area contributed by atoms with Crippen LogP contribution in [0.15, 0.2) is 42.6 Å². The fourth-order valence-corrected chi connectivity index (χ4v) is 1.86. The van der Waals surface area contributed by atoms with E-state index in [1.807, 2.05) is 31.2 Å². The zero-order valence-corrected chi connectivity index (χ0v) is 11.0. The van der Waals surface area contributed by atoms with Crippen LogP contribution in [-0.4, -0.2) is 17.9 Å². The van der Waals surface area contributed by atoms with Gasteiger partial charge in [0.15, 0.2) is 0 Å². The number of carbonyl (C=O) groups is 1. The minimum Gasteiger partial charge on any atom is -0.311 e. The molecule has 0 atom stereocenters. The highest BCUT2D eigenvalue weighted by atomic mass is 35.5. The topological polar surface area (TPSA) is 33.2 Å². The summed E-state index contributed by atoms with van der Waals surface area (Å²) < 4.78 is 0. The van der Waals surface area contributed by atoms with Crippen LogP contribution in [0.25, 0.3) is 0 Å². The second-order valence-corrected chi connectivity index (χ2v) is 4.46. The Morgan fingerprint density at radius 1 is 1.28 bits per heavy atom. The summed E-state index contributed by atoms with van der Waals surface area (Å²) in [6.45, 7) is 1.99. The van der Waals surface area contributed by atoms with E-state index in [0.29, 0.717) is 10.7 Å². The number of nitrogens with zero attached hydrogens (tertiary/aromatic N) is 2. The molecule has 0 N–H and O–H groups in total. The Morgan fingerprint density at radius 3 is 2.72 bits per heavy atom. The molecule has 2 rings (SSSR count). The maximum absolute atomic E-state index is 12.2. The van der Waals surface area contributed by atoms with Crippen molar-refractivity contribution in [3.63, 3.8) is 0 Å². The lowest BCUT2D eigenvalue weighted by Crippen LogP contribution is -2.26. The van der Waals surface area contributed by atoms with E-state index in [9.17, 15) is 4.79 Å². The highest BCUT2D eigenvalue weighted by Crippen LogP contribution is 2.17. The molecular weight excluding hydrogens is 248 g/mol. The molecule has 0 aliphatic carbocycles. The second kappa shape index (κ2) is 5.19. The summed E-state index contributed by atoms with van der Waals surface area (Å²) in [5.41, 5.74) is 2.49. The largest absolute Gasteiger partial charge is 0.311 e. The molecule has 0 aliphatic heterocycles. The number of benzene rings is 1. The zero-order valence-electron chi connectivity index (χ0n) is 10.2. The van der Waals surface area contributed by atoms with Crippen molar-refractivity contribution in [2.24, 2.45) is 0 Å². The lowest BCUT2D eigenvalue weighted by Gasteiger charge is -2.17. The number of rotatable bonds is 2. The minimum atomic E-state index is -0.107. The Hall–Kier alpha value is -1.87. The molecule has 1 aromatic heterocycles. The summed E-state index contributed by atoms with van der Waals surface area (Å²) in [5.74, 6) is -0.107. The van der Waals surface area contributed by atoms with Gasteiger partial charge in [-0.1, -0.05) is 23.7 Å². The molecule has 3 nitrogen and oxygen atoms in total. The van der Waals surface area contributed by atoms with Gasteiger partial charge < -0.3 is 4.90 Å². The second-order valence-electron chi connectivity index (χ2n) is 4.07. The lowest BCUT2D eigenvalue weighted by molar-refractivity contribution is 0.0993. The highest BCUT2D eigenvalue weighted by Gasteiger charge is 2.13. The lowest BCUT2D eigenvalue weighted by atomic mass is 10.2. The van der Waals surface area contributed by atoms with Gasteiger partial charge in [0.25, 0.3) is 5.91 Å². The van der Waals surface area contributed by atoms with Gasteiger partial charge in [0, 0.05) is 24.5 Å². The van der Waals surface area contributed by atoms with Crippen LogP contribution in [-0.2, 0) is 0 Å². The van der Waals surface area contributed by atoms with Crippen molar-refractivity contribution in [2.75, 3.05) is 11.9 Å². The summed E-state index contributed by atoms with van der Waals surface area (Å²) in [6.07, 6.45) is 1.53. The van der Waals surface area contributed by atoms with E-state index in [-0.39, 0.29) is 5.91 Å². The van der Waals surface area contributed by atoms with Gasteiger partial charge >= 0.3 is 0 Å². The third-order valence-corrected chi connectivity index (χ3v) is 2.87. The standard InChI is InChI=1S/C14H13ClN2O/c1-10-4-3-5-12(8-10)17(2)14(18)11-6-7-16-13(15)9-11/h3-9H,1-2H3. The van der Waals surface area contributed by atoms with Gasteiger partial charge in [-0.15, -0.1) is 0 Å². The molecule has 4 heteroatoms. The number of hydrogen-bond acceptors (Lipinski definition) is 2. The number of aromatic nitrogens is 1. The van der Waals surface area contributed by atoms with Crippen molar-refractivity contribution in [3.05, 3.63) is 58.9 Å². The number of hydrogen-bond donors (Lipinski definition) is 0. The molecule has 0 fully saturated rings. The van der Waals surface area contributed by atoms with Gasteiger partial charge in [-0.3, -0.25) is 4.79 Å². The average Bonchev–Trinajstić information content (AvgIpc) is 2.37. The minimum absolute atomic E-state index is 0.107. The van der Waals surface area contributed by atoms with Gasteiger partial charge in [-0.05, 0) is 36.8 Å². The van der Waals surface area contributed by atoms with Gasteiger partial charge in [0.05, 0.1) is 0 Å². The molecule has 1 aromatic carbocycles. The molecule has 2 aromatic rings. The van der Waals surface area contributed by atoms with Crippen molar-refractivity contribution < 1.29 is 4.79 Å². The summed E-state index contributed by atoms with van der Waals surface area (Å²) in [6, 6.07) is 11.0. The van der Waals surface area contributed by atoms with Gasteiger partial charge in [-0.25, -0.2) is 4.98 Å². The number of anilines is 1. The molecular formula is C14H13ClN2O. The van der Waals surface area contributed by atoms with Crippen molar-refractivity contribution in [1.29, 1.82) is 0 Å². The molecule has 92 valence electrons. The Labute approximate surface area is 111 Å². The Balaban J connectivity index is 2.29. The number of carbonyl (C=O) groups excluding carboxylic acids is 1. The van der Waals surface area contributed by atoms with E-state index in [2.05, 4.69) is 4.98 Å². The molecule has 0 unspecified atom stereocenters. The van der Waals surface area contributed by atoms with Crippen LogP contribution in [0.2, 0.25) is 5.15 Å². The van der Waals surface area contributed by atoms with Crippen LogP contribution in [0.5, 0.6) is 0 Å². The SMILES string of the molecule is Cc1cccc(N(C)C(=O)c2ccnc(Cl)c2)c1. The fourth-order valence-electron chi connectivity index (χ4n) is 1.68. The van der Waals surface area contributed by atoms with Crippen LogP contribution >= 0.6 is 11.6 Å². The molecule has 0 aliphatic rings. The Morgan fingerprint density at radius 2 is 2.06 bits per heavy atom. The quantitative estimate of drug-likeness (QED) is 0.776. The third kappa shape index (κ3) is 2.68.